The Labute approximate surface area is 131 Å². The Hall–Kier alpha value is -3.20. The number of nitriles is 1. The van der Waals surface area contributed by atoms with Crippen LogP contribution in [0.3, 0.4) is 0 Å². The summed E-state index contributed by atoms with van der Waals surface area (Å²) in [5.41, 5.74) is 1.65. The van der Waals surface area contributed by atoms with Crippen molar-refractivity contribution in [1.29, 1.82) is 5.26 Å². The molecular formula is C17H11F2N3O. The lowest BCUT2D eigenvalue weighted by Crippen LogP contribution is -1.99. The summed E-state index contributed by atoms with van der Waals surface area (Å²) in [5.74, 6) is -1.35. The molecule has 0 aliphatic carbocycles. The minimum absolute atomic E-state index is 0.287. The summed E-state index contributed by atoms with van der Waals surface area (Å²) in [5, 5.41) is 12.9. The SMILES string of the molecule is COc1cccc2c(Nc3ccc(F)c(F)c3)c(C#N)cnc12. The molecule has 1 heterocycles. The molecule has 0 bridgehead atoms. The monoisotopic (exact) mass is 311 g/mol. The van der Waals surface area contributed by atoms with Gasteiger partial charge in [0.15, 0.2) is 11.6 Å². The maximum atomic E-state index is 13.4. The van der Waals surface area contributed by atoms with Crippen LogP contribution >= 0.6 is 0 Å². The van der Waals surface area contributed by atoms with E-state index in [1.54, 1.807) is 18.2 Å². The van der Waals surface area contributed by atoms with Crippen molar-refractivity contribution >= 4 is 22.3 Å². The molecular weight excluding hydrogens is 300 g/mol. The quantitative estimate of drug-likeness (QED) is 0.790. The van der Waals surface area contributed by atoms with Crippen LogP contribution in [0.4, 0.5) is 20.2 Å². The first-order valence-corrected chi connectivity index (χ1v) is 6.72. The molecule has 0 spiro atoms. The molecule has 1 N–H and O–H groups in total. The standard InChI is InChI=1S/C17H11F2N3O/c1-23-15-4-2-3-12-16(10(8-20)9-21-17(12)15)22-11-5-6-13(18)14(19)7-11/h2-7,9H,1H3,(H,21,22). The van der Waals surface area contributed by atoms with Crippen molar-refractivity contribution in [3.05, 3.63) is 59.8 Å². The Morgan fingerprint density at radius 1 is 1.17 bits per heavy atom. The number of halogens is 2. The summed E-state index contributed by atoms with van der Waals surface area (Å²) >= 11 is 0. The zero-order valence-corrected chi connectivity index (χ0v) is 12.1. The highest BCUT2D eigenvalue weighted by Gasteiger charge is 2.13. The lowest BCUT2D eigenvalue weighted by molar-refractivity contribution is 0.419. The second-order valence-corrected chi connectivity index (χ2v) is 4.77. The molecule has 114 valence electrons. The second-order valence-electron chi connectivity index (χ2n) is 4.77. The predicted octanol–water partition coefficient (Wildman–Crippen LogP) is 4.14. The predicted molar refractivity (Wildman–Crippen MR) is 82.7 cm³/mol. The third kappa shape index (κ3) is 2.64. The Morgan fingerprint density at radius 2 is 2.00 bits per heavy atom. The van der Waals surface area contributed by atoms with Gasteiger partial charge in [0.05, 0.1) is 18.4 Å². The molecule has 3 rings (SSSR count). The third-order valence-electron chi connectivity index (χ3n) is 3.39. The van der Waals surface area contributed by atoms with Gasteiger partial charge in [-0.3, -0.25) is 4.98 Å². The van der Waals surface area contributed by atoms with Crippen LogP contribution in [0.25, 0.3) is 10.9 Å². The van der Waals surface area contributed by atoms with Gasteiger partial charge in [0.2, 0.25) is 0 Å². The number of nitrogens with zero attached hydrogens (tertiary/aromatic N) is 2. The molecule has 0 unspecified atom stereocenters. The normalized spacial score (nSPS) is 10.3. The highest BCUT2D eigenvalue weighted by Crippen LogP contribution is 2.33. The number of pyridine rings is 1. The van der Waals surface area contributed by atoms with Crippen LogP contribution < -0.4 is 10.1 Å². The molecule has 0 saturated carbocycles. The van der Waals surface area contributed by atoms with Crippen molar-refractivity contribution < 1.29 is 13.5 Å². The van der Waals surface area contributed by atoms with Gasteiger partial charge < -0.3 is 10.1 Å². The van der Waals surface area contributed by atoms with E-state index in [9.17, 15) is 14.0 Å². The summed E-state index contributed by atoms with van der Waals surface area (Å²) < 4.78 is 31.7. The van der Waals surface area contributed by atoms with Gasteiger partial charge in [0, 0.05) is 23.3 Å². The summed E-state index contributed by atoms with van der Waals surface area (Å²) in [6.07, 6.45) is 1.41. The van der Waals surface area contributed by atoms with Crippen molar-refractivity contribution in [2.45, 2.75) is 0 Å². The number of ether oxygens (including phenoxy) is 1. The fraction of sp³-hybridized carbons (Fsp3) is 0.0588. The van der Waals surface area contributed by atoms with Crippen LogP contribution in [0.2, 0.25) is 0 Å². The van der Waals surface area contributed by atoms with Crippen LogP contribution in [0.1, 0.15) is 5.56 Å². The fourth-order valence-electron chi connectivity index (χ4n) is 2.30. The Balaban J connectivity index is 2.18. The Bertz CT molecular complexity index is 935. The molecule has 0 radical (unpaired) electrons. The van der Waals surface area contributed by atoms with Crippen molar-refractivity contribution in [3.8, 4) is 11.8 Å². The molecule has 0 aliphatic heterocycles. The van der Waals surface area contributed by atoms with Gasteiger partial charge in [-0.1, -0.05) is 12.1 Å². The van der Waals surface area contributed by atoms with Crippen LogP contribution in [-0.4, -0.2) is 12.1 Å². The first kappa shape index (κ1) is 14.7. The number of para-hydroxylation sites is 1. The molecule has 0 fully saturated rings. The number of rotatable bonds is 3. The van der Waals surface area contributed by atoms with Crippen LogP contribution in [0, 0.1) is 23.0 Å². The van der Waals surface area contributed by atoms with Crippen LogP contribution in [-0.2, 0) is 0 Å². The van der Waals surface area contributed by atoms with E-state index in [4.69, 9.17) is 4.74 Å². The molecule has 0 atom stereocenters. The molecule has 0 amide bonds. The summed E-state index contributed by atoms with van der Waals surface area (Å²) in [4.78, 5) is 4.24. The van der Waals surface area contributed by atoms with Gasteiger partial charge in [-0.05, 0) is 18.2 Å². The van der Waals surface area contributed by atoms with Crippen LogP contribution in [0.15, 0.2) is 42.6 Å². The molecule has 6 heteroatoms. The summed E-state index contributed by atoms with van der Waals surface area (Å²) in [6.45, 7) is 0. The highest BCUT2D eigenvalue weighted by atomic mass is 19.2. The van der Waals surface area contributed by atoms with Gasteiger partial charge in [-0.2, -0.15) is 5.26 Å². The topological polar surface area (TPSA) is 57.9 Å². The fourth-order valence-corrected chi connectivity index (χ4v) is 2.30. The van der Waals surface area contributed by atoms with Gasteiger partial charge >= 0.3 is 0 Å². The van der Waals surface area contributed by atoms with E-state index in [2.05, 4.69) is 10.3 Å². The zero-order chi connectivity index (χ0) is 16.4. The van der Waals surface area contributed by atoms with E-state index >= 15 is 0 Å². The average molecular weight is 311 g/mol. The maximum absolute atomic E-state index is 13.4. The lowest BCUT2D eigenvalue weighted by Gasteiger charge is -2.13. The van der Waals surface area contributed by atoms with Gasteiger partial charge in [0.25, 0.3) is 0 Å². The van der Waals surface area contributed by atoms with Crippen molar-refractivity contribution in [2.75, 3.05) is 12.4 Å². The minimum atomic E-state index is -0.968. The molecule has 4 nitrogen and oxygen atoms in total. The molecule has 0 saturated heterocycles. The number of hydrogen-bond acceptors (Lipinski definition) is 4. The molecule has 0 aliphatic rings. The van der Waals surface area contributed by atoms with Crippen LogP contribution in [0.5, 0.6) is 5.75 Å². The zero-order valence-electron chi connectivity index (χ0n) is 12.1. The number of benzene rings is 2. The van der Waals surface area contributed by atoms with Gasteiger partial charge in [-0.15, -0.1) is 0 Å². The number of fused-ring (bicyclic) bond motifs is 1. The van der Waals surface area contributed by atoms with Crippen molar-refractivity contribution in [1.82, 2.24) is 4.98 Å². The van der Waals surface area contributed by atoms with E-state index in [1.165, 1.54) is 19.4 Å². The maximum Gasteiger partial charge on any atom is 0.160 e. The largest absolute Gasteiger partial charge is 0.494 e. The van der Waals surface area contributed by atoms with E-state index in [1.807, 2.05) is 6.07 Å². The molecule has 23 heavy (non-hydrogen) atoms. The summed E-state index contributed by atoms with van der Waals surface area (Å²) in [7, 11) is 1.52. The highest BCUT2D eigenvalue weighted by molar-refractivity contribution is 5.98. The first-order valence-electron chi connectivity index (χ1n) is 6.72. The average Bonchev–Trinajstić information content (AvgIpc) is 2.57. The number of methoxy groups -OCH3 is 1. The van der Waals surface area contributed by atoms with E-state index < -0.39 is 11.6 Å². The second kappa shape index (κ2) is 5.89. The van der Waals surface area contributed by atoms with Crippen molar-refractivity contribution in [2.24, 2.45) is 0 Å². The molecule has 3 aromatic rings. The first-order chi connectivity index (χ1) is 11.1. The Kier molecular flexibility index (Phi) is 3.77. The summed E-state index contributed by atoms with van der Waals surface area (Å²) in [6, 6.07) is 10.8. The van der Waals surface area contributed by atoms with E-state index in [0.717, 1.165) is 12.1 Å². The minimum Gasteiger partial charge on any atom is -0.494 e. The Morgan fingerprint density at radius 3 is 2.70 bits per heavy atom. The number of nitrogens with one attached hydrogen (secondary N) is 1. The number of anilines is 2. The van der Waals surface area contributed by atoms with E-state index in [-0.39, 0.29) is 5.56 Å². The third-order valence-corrected chi connectivity index (χ3v) is 3.39. The lowest BCUT2D eigenvalue weighted by atomic mass is 10.1. The molecule has 1 aromatic heterocycles. The number of aromatic nitrogens is 1. The molecule has 2 aromatic carbocycles. The number of hydrogen-bond donors (Lipinski definition) is 1. The van der Waals surface area contributed by atoms with Gasteiger partial charge in [0.1, 0.15) is 17.3 Å². The van der Waals surface area contributed by atoms with E-state index in [0.29, 0.717) is 28.0 Å². The van der Waals surface area contributed by atoms with Gasteiger partial charge in [-0.25, -0.2) is 8.78 Å². The van der Waals surface area contributed by atoms with Crippen molar-refractivity contribution in [3.63, 3.8) is 0 Å². The smallest absolute Gasteiger partial charge is 0.160 e.